The van der Waals surface area contributed by atoms with Crippen molar-refractivity contribution >= 4 is 21.6 Å². The van der Waals surface area contributed by atoms with E-state index in [2.05, 4.69) is 10.9 Å². The van der Waals surface area contributed by atoms with Crippen molar-refractivity contribution in [3.05, 3.63) is 59.4 Å². The predicted molar refractivity (Wildman–Crippen MR) is 84.7 cm³/mol. The summed E-state index contributed by atoms with van der Waals surface area (Å²) in [5.74, 6) is -5.33. The van der Waals surface area contributed by atoms with Gasteiger partial charge in [0.15, 0.2) is 17.5 Å². The molecule has 1 amide bonds. The van der Waals surface area contributed by atoms with E-state index in [0.717, 1.165) is 16.4 Å². The standard InChI is InChI=1S/C15H14F3N3O3S/c1-21(2)25(23,24)10-5-3-4-9(8-10)15(22)20-19-12-7-6-11(16)13(17)14(12)18/h3-8,19H,1-2H3,(H,20,22). The number of sulfonamides is 1. The maximum Gasteiger partial charge on any atom is 0.269 e. The molecule has 0 heterocycles. The van der Waals surface area contributed by atoms with Gasteiger partial charge in [0.25, 0.3) is 5.91 Å². The number of hydrazine groups is 1. The smallest absolute Gasteiger partial charge is 0.269 e. The Hall–Kier alpha value is -2.59. The normalized spacial score (nSPS) is 11.4. The van der Waals surface area contributed by atoms with Crippen molar-refractivity contribution in [3.8, 4) is 0 Å². The highest BCUT2D eigenvalue weighted by Crippen LogP contribution is 2.19. The maximum absolute atomic E-state index is 13.5. The number of nitrogens with one attached hydrogen (secondary N) is 2. The van der Waals surface area contributed by atoms with E-state index in [-0.39, 0.29) is 10.5 Å². The Morgan fingerprint density at radius 2 is 1.72 bits per heavy atom. The van der Waals surface area contributed by atoms with E-state index in [9.17, 15) is 26.4 Å². The SMILES string of the molecule is CN(C)S(=O)(=O)c1cccc(C(=O)NNc2ccc(F)c(F)c2F)c1. The van der Waals surface area contributed by atoms with Crippen LogP contribution in [0, 0.1) is 17.5 Å². The molecule has 134 valence electrons. The molecule has 0 saturated heterocycles. The fourth-order valence-corrected chi connectivity index (χ4v) is 2.78. The van der Waals surface area contributed by atoms with Gasteiger partial charge in [-0.15, -0.1) is 0 Å². The van der Waals surface area contributed by atoms with Crippen LogP contribution in [0.2, 0.25) is 0 Å². The van der Waals surface area contributed by atoms with Crippen molar-refractivity contribution in [2.24, 2.45) is 0 Å². The molecule has 0 aliphatic rings. The van der Waals surface area contributed by atoms with Crippen molar-refractivity contribution < 1.29 is 26.4 Å². The molecule has 0 aromatic heterocycles. The van der Waals surface area contributed by atoms with Gasteiger partial charge in [-0.1, -0.05) is 6.07 Å². The summed E-state index contributed by atoms with van der Waals surface area (Å²) in [6.45, 7) is 0. The molecule has 0 saturated carbocycles. The minimum Gasteiger partial charge on any atom is -0.295 e. The van der Waals surface area contributed by atoms with E-state index in [1.54, 1.807) is 0 Å². The number of anilines is 1. The van der Waals surface area contributed by atoms with Gasteiger partial charge in [0.05, 0.1) is 10.6 Å². The Morgan fingerprint density at radius 3 is 2.36 bits per heavy atom. The molecule has 2 aromatic carbocycles. The number of hydrogen-bond donors (Lipinski definition) is 2. The van der Waals surface area contributed by atoms with Crippen LogP contribution in [-0.4, -0.2) is 32.7 Å². The largest absolute Gasteiger partial charge is 0.295 e. The van der Waals surface area contributed by atoms with Crippen LogP contribution in [0.4, 0.5) is 18.9 Å². The second-order valence-corrected chi connectivity index (χ2v) is 7.27. The van der Waals surface area contributed by atoms with Gasteiger partial charge in [-0.05, 0) is 30.3 Å². The number of hydrogen-bond acceptors (Lipinski definition) is 4. The molecule has 0 spiro atoms. The fraction of sp³-hybridized carbons (Fsp3) is 0.133. The highest BCUT2D eigenvalue weighted by atomic mass is 32.2. The van der Waals surface area contributed by atoms with Gasteiger partial charge < -0.3 is 0 Å². The number of halogens is 3. The Kier molecular flexibility index (Phi) is 5.33. The monoisotopic (exact) mass is 373 g/mol. The van der Waals surface area contributed by atoms with Crippen LogP contribution in [-0.2, 0) is 10.0 Å². The summed E-state index contributed by atoms with van der Waals surface area (Å²) in [5.41, 5.74) is 3.69. The predicted octanol–water partition coefficient (Wildman–Crippen LogP) is 2.11. The van der Waals surface area contributed by atoms with Gasteiger partial charge in [-0.25, -0.2) is 25.9 Å². The van der Waals surface area contributed by atoms with Crippen LogP contribution >= 0.6 is 0 Å². The Labute approximate surface area is 142 Å². The lowest BCUT2D eigenvalue weighted by molar-refractivity contribution is 0.0962. The highest BCUT2D eigenvalue weighted by molar-refractivity contribution is 7.89. The van der Waals surface area contributed by atoms with Crippen LogP contribution < -0.4 is 10.9 Å². The number of nitrogens with zero attached hydrogens (tertiary/aromatic N) is 1. The molecule has 25 heavy (non-hydrogen) atoms. The number of amides is 1. The van der Waals surface area contributed by atoms with Gasteiger partial charge in [0.1, 0.15) is 0 Å². The van der Waals surface area contributed by atoms with E-state index in [0.29, 0.717) is 6.07 Å². The lowest BCUT2D eigenvalue weighted by atomic mass is 10.2. The second-order valence-electron chi connectivity index (χ2n) is 5.12. The Balaban J connectivity index is 2.19. The van der Waals surface area contributed by atoms with E-state index in [1.165, 1.54) is 32.3 Å². The summed E-state index contributed by atoms with van der Waals surface area (Å²) < 4.78 is 64.6. The minimum atomic E-state index is -3.74. The molecule has 10 heteroatoms. The van der Waals surface area contributed by atoms with Crippen LogP contribution in [0.25, 0.3) is 0 Å². The molecule has 0 aliphatic heterocycles. The van der Waals surface area contributed by atoms with E-state index in [1.807, 2.05) is 0 Å². The quantitative estimate of drug-likeness (QED) is 0.622. The third-order valence-corrected chi connectivity index (χ3v) is 5.03. The van der Waals surface area contributed by atoms with E-state index in [4.69, 9.17) is 0 Å². The van der Waals surface area contributed by atoms with Crippen molar-refractivity contribution in [2.75, 3.05) is 19.5 Å². The van der Waals surface area contributed by atoms with Gasteiger partial charge in [-0.3, -0.25) is 15.6 Å². The first-order chi connectivity index (χ1) is 11.6. The average molecular weight is 373 g/mol. The minimum absolute atomic E-state index is 0.0292. The second kappa shape index (κ2) is 7.11. The van der Waals surface area contributed by atoms with Gasteiger partial charge in [-0.2, -0.15) is 0 Å². The maximum atomic E-state index is 13.5. The Morgan fingerprint density at radius 1 is 1.04 bits per heavy atom. The molecule has 2 N–H and O–H groups in total. The summed E-state index contributed by atoms with van der Waals surface area (Å²) in [6.07, 6.45) is 0. The topological polar surface area (TPSA) is 78.5 Å². The molecule has 0 unspecified atom stereocenters. The first-order valence-corrected chi connectivity index (χ1v) is 8.31. The molecule has 0 atom stereocenters. The van der Waals surface area contributed by atoms with Crippen molar-refractivity contribution in [3.63, 3.8) is 0 Å². The number of benzene rings is 2. The zero-order valence-corrected chi connectivity index (χ0v) is 14.0. The van der Waals surface area contributed by atoms with Crippen molar-refractivity contribution in [1.82, 2.24) is 9.73 Å². The summed E-state index contributed by atoms with van der Waals surface area (Å²) >= 11 is 0. The van der Waals surface area contributed by atoms with Gasteiger partial charge in [0, 0.05) is 19.7 Å². The Bertz CT molecular complexity index is 917. The molecule has 6 nitrogen and oxygen atoms in total. The number of carbonyl (C=O) groups is 1. The average Bonchev–Trinajstić information content (AvgIpc) is 2.58. The molecule has 0 radical (unpaired) electrons. The molecule has 0 fully saturated rings. The lowest BCUT2D eigenvalue weighted by Gasteiger charge is -2.13. The zero-order chi connectivity index (χ0) is 18.8. The third kappa shape index (κ3) is 3.91. The summed E-state index contributed by atoms with van der Waals surface area (Å²) in [6, 6.07) is 6.75. The van der Waals surface area contributed by atoms with E-state index >= 15 is 0 Å². The van der Waals surface area contributed by atoms with Crippen LogP contribution in [0.15, 0.2) is 41.3 Å². The molecule has 2 rings (SSSR count). The molecule has 0 aliphatic carbocycles. The summed E-state index contributed by atoms with van der Waals surface area (Å²) in [4.78, 5) is 12.0. The lowest BCUT2D eigenvalue weighted by Crippen LogP contribution is -2.30. The summed E-state index contributed by atoms with van der Waals surface area (Å²) in [7, 11) is -1.05. The highest BCUT2D eigenvalue weighted by Gasteiger charge is 2.19. The van der Waals surface area contributed by atoms with Crippen LogP contribution in [0.3, 0.4) is 0 Å². The molecular weight excluding hydrogens is 359 g/mol. The molecule has 2 aromatic rings. The van der Waals surface area contributed by atoms with Crippen LogP contribution in [0.1, 0.15) is 10.4 Å². The van der Waals surface area contributed by atoms with E-state index < -0.39 is 39.1 Å². The van der Waals surface area contributed by atoms with Gasteiger partial charge in [0.2, 0.25) is 10.0 Å². The fourth-order valence-electron chi connectivity index (χ4n) is 1.83. The first-order valence-electron chi connectivity index (χ1n) is 6.87. The zero-order valence-electron chi connectivity index (χ0n) is 13.2. The van der Waals surface area contributed by atoms with Gasteiger partial charge >= 0.3 is 0 Å². The van der Waals surface area contributed by atoms with Crippen LogP contribution in [0.5, 0.6) is 0 Å². The molecular formula is C15H14F3N3O3S. The number of rotatable bonds is 5. The third-order valence-electron chi connectivity index (χ3n) is 3.22. The van der Waals surface area contributed by atoms with Crippen molar-refractivity contribution in [2.45, 2.75) is 4.90 Å². The van der Waals surface area contributed by atoms with Crippen molar-refractivity contribution in [1.29, 1.82) is 0 Å². The number of carbonyl (C=O) groups excluding carboxylic acids is 1. The molecule has 0 bridgehead atoms. The first kappa shape index (κ1) is 18.7. The summed E-state index contributed by atoms with van der Waals surface area (Å²) in [5, 5.41) is 0.